The monoisotopic (exact) mass is 234 g/mol. The van der Waals surface area contributed by atoms with Gasteiger partial charge in [0.15, 0.2) is 0 Å². The Labute approximate surface area is 102 Å². The Balaban J connectivity index is 2.47. The fraction of sp³-hybridized carbons (Fsp3) is 0.357. The van der Waals surface area contributed by atoms with Crippen LogP contribution in [0.5, 0.6) is 5.75 Å². The number of ether oxygens (including phenoxy) is 2. The molecule has 0 aromatic heterocycles. The average Bonchev–Trinajstić information content (AvgIpc) is 2.27. The SMILES string of the molecule is C=Cc1ccc(OC(=O)OCC(C)(C)C)cc1. The molecule has 0 bridgehead atoms. The Bertz CT molecular complexity index is 385. The molecule has 0 atom stereocenters. The van der Waals surface area contributed by atoms with Crippen LogP contribution in [0.3, 0.4) is 0 Å². The molecule has 0 amide bonds. The van der Waals surface area contributed by atoms with E-state index in [1.807, 2.05) is 32.9 Å². The molecule has 0 aliphatic carbocycles. The van der Waals surface area contributed by atoms with Crippen LogP contribution in [0.1, 0.15) is 26.3 Å². The number of hydrogen-bond donors (Lipinski definition) is 0. The van der Waals surface area contributed by atoms with Gasteiger partial charge in [-0.2, -0.15) is 0 Å². The zero-order valence-corrected chi connectivity index (χ0v) is 10.5. The van der Waals surface area contributed by atoms with Gasteiger partial charge in [0.25, 0.3) is 0 Å². The van der Waals surface area contributed by atoms with E-state index in [9.17, 15) is 4.79 Å². The highest BCUT2D eigenvalue weighted by Crippen LogP contribution is 2.16. The van der Waals surface area contributed by atoms with Crippen molar-refractivity contribution in [1.29, 1.82) is 0 Å². The van der Waals surface area contributed by atoms with E-state index in [1.165, 1.54) is 0 Å². The van der Waals surface area contributed by atoms with E-state index in [4.69, 9.17) is 9.47 Å². The van der Waals surface area contributed by atoms with Gasteiger partial charge in [0, 0.05) is 0 Å². The van der Waals surface area contributed by atoms with Gasteiger partial charge in [-0.3, -0.25) is 0 Å². The van der Waals surface area contributed by atoms with Gasteiger partial charge >= 0.3 is 6.16 Å². The second-order valence-electron chi connectivity index (χ2n) is 4.97. The first-order valence-corrected chi connectivity index (χ1v) is 5.48. The smallest absolute Gasteiger partial charge is 0.433 e. The van der Waals surface area contributed by atoms with Crippen LogP contribution < -0.4 is 4.74 Å². The minimum absolute atomic E-state index is 0.0638. The van der Waals surface area contributed by atoms with Crippen LogP contribution in [0.4, 0.5) is 4.79 Å². The van der Waals surface area contributed by atoms with Gasteiger partial charge in [0.05, 0.1) is 6.61 Å². The van der Waals surface area contributed by atoms with Crippen LogP contribution in [0, 0.1) is 5.41 Å². The van der Waals surface area contributed by atoms with E-state index in [-0.39, 0.29) is 5.41 Å². The van der Waals surface area contributed by atoms with Crippen molar-refractivity contribution in [3.63, 3.8) is 0 Å². The molecule has 0 unspecified atom stereocenters. The van der Waals surface area contributed by atoms with Crippen molar-refractivity contribution in [2.24, 2.45) is 5.41 Å². The molecular formula is C14H18O3. The van der Waals surface area contributed by atoms with Gasteiger partial charge in [-0.05, 0) is 23.1 Å². The van der Waals surface area contributed by atoms with Crippen molar-refractivity contribution in [3.8, 4) is 5.75 Å². The quantitative estimate of drug-likeness (QED) is 0.588. The molecule has 92 valence electrons. The third-order valence-corrected chi connectivity index (χ3v) is 1.94. The third kappa shape index (κ3) is 5.20. The summed E-state index contributed by atoms with van der Waals surface area (Å²) in [4.78, 5) is 11.3. The summed E-state index contributed by atoms with van der Waals surface area (Å²) in [6.45, 7) is 9.93. The zero-order chi connectivity index (χ0) is 12.9. The van der Waals surface area contributed by atoms with Gasteiger partial charge in [-0.25, -0.2) is 4.79 Å². The molecule has 0 radical (unpaired) electrons. The van der Waals surface area contributed by atoms with Gasteiger partial charge < -0.3 is 9.47 Å². The number of carbonyl (C=O) groups is 1. The van der Waals surface area contributed by atoms with E-state index in [0.717, 1.165) is 5.56 Å². The van der Waals surface area contributed by atoms with Crippen LogP contribution in [0.15, 0.2) is 30.8 Å². The van der Waals surface area contributed by atoms with Crippen molar-refractivity contribution in [2.45, 2.75) is 20.8 Å². The molecular weight excluding hydrogens is 216 g/mol. The first-order valence-electron chi connectivity index (χ1n) is 5.48. The van der Waals surface area contributed by atoms with Gasteiger partial charge in [0.2, 0.25) is 0 Å². The summed E-state index contributed by atoms with van der Waals surface area (Å²) in [7, 11) is 0. The maximum absolute atomic E-state index is 11.3. The van der Waals surface area contributed by atoms with Gasteiger partial charge in [-0.1, -0.05) is 45.6 Å². The Morgan fingerprint density at radius 3 is 2.35 bits per heavy atom. The van der Waals surface area contributed by atoms with Crippen molar-refractivity contribution in [2.75, 3.05) is 6.61 Å². The number of carbonyl (C=O) groups excluding carboxylic acids is 1. The van der Waals surface area contributed by atoms with Crippen LogP contribution in [0.25, 0.3) is 6.08 Å². The maximum Gasteiger partial charge on any atom is 0.513 e. The Morgan fingerprint density at radius 1 is 1.29 bits per heavy atom. The number of hydrogen-bond acceptors (Lipinski definition) is 3. The summed E-state index contributed by atoms with van der Waals surface area (Å²) in [6.07, 6.45) is 1.05. The lowest BCUT2D eigenvalue weighted by Crippen LogP contribution is -2.20. The first-order chi connectivity index (χ1) is 7.90. The van der Waals surface area contributed by atoms with E-state index < -0.39 is 6.16 Å². The lowest BCUT2D eigenvalue weighted by Gasteiger charge is -2.17. The minimum atomic E-state index is -0.675. The molecule has 0 N–H and O–H groups in total. The largest absolute Gasteiger partial charge is 0.513 e. The van der Waals surface area contributed by atoms with Gasteiger partial charge in [-0.15, -0.1) is 0 Å². The lowest BCUT2D eigenvalue weighted by atomic mass is 9.99. The second kappa shape index (κ2) is 5.53. The molecule has 0 heterocycles. The van der Waals surface area contributed by atoms with Gasteiger partial charge in [0.1, 0.15) is 5.75 Å². The molecule has 0 aliphatic heterocycles. The van der Waals surface area contributed by atoms with Crippen LogP contribution in [-0.2, 0) is 4.74 Å². The van der Waals surface area contributed by atoms with E-state index in [1.54, 1.807) is 18.2 Å². The third-order valence-electron chi connectivity index (χ3n) is 1.94. The van der Waals surface area contributed by atoms with Crippen LogP contribution in [-0.4, -0.2) is 12.8 Å². The summed E-state index contributed by atoms with van der Waals surface area (Å²) in [5, 5.41) is 0. The standard InChI is InChI=1S/C14H18O3/c1-5-11-6-8-12(9-7-11)17-13(15)16-10-14(2,3)4/h5-9H,1,10H2,2-4H3. The molecule has 3 nitrogen and oxygen atoms in total. The van der Waals surface area contributed by atoms with Crippen molar-refractivity contribution >= 4 is 12.2 Å². The predicted octanol–water partition coefficient (Wildman–Crippen LogP) is 3.89. The molecule has 1 aromatic rings. The second-order valence-corrected chi connectivity index (χ2v) is 4.97. The highest BCUT2D eigenvalue weighted by molar-refractivity contribution is 5.64. The van der Waals surface area contributed by atoms with Crippen molar-refractivity contribution in [1.82, 2.24) is 0 Å². The highest BCUT2D eigenvalue weighted by atomic mass is 16.7. The molecule has 1 aromatic carbocycles. The van der Waals surface area contributed by atoms with Crippen molar-refractivity contribution < 1.29 is 14.3 Å². The summed E-state index contributed by atoms with van der Waals surface area (Å²) in [5.74, 6) is 0.467. The molecule has 3 heteroatoms. The summed E-state index contributed by atoms with van der Waals surface area (Å²) < 4.78 is 10.00. The first kappa shape index (κ1) is 13.3. The topological polar surface area (TPSA) is 35.5 Å². The Kier molecular flexibility index (Phi) is 4.32. The molecule has 17 heavy (non-hydrogen) atoms. The normalized spacial score (nSPS) is 10.8. The number of benzene rings is 1. The Hall–Kier alpha value is -1.77. The van der Waals surface area contributed by atoms with E-state index >= 15 is 0 Å². The molecule has 0 aliphatic rings. The average molecular weight is 234 g/mol. The van der Waals surface area contributed by atoms with Crippen LogP contribution in [0.2, 0.25) is 0 Å². The molecule has 0 spiro atoms. The van der Waals surface area contributed by atoms with E-state index in [2.05, 4.69) is 6.58 Å². The predicted molar refractivity (Wildman–Crippen MR) is 68.0 cm³/mol. The number of rotatable bonds is 3. The summed E-state index contributed by atoms with van der Waals surface area (Å²) in [6, 6.07) is 7.05. The van der Waals surface area contributed by atoms with Crippen molar-refractivity contribution in [3.05, 3.63) is 36.4 Å². The van der Waals surface area contributed by atoms with Crippen LogP contribution >= 0.6 is 0 Å². The molecule has 0 saturated carbocycles. The fourth-order valence-electron chi connectivity index (χ4n) is 1.07. The lowest BCUT2D eigenvalue weighted by molar-refractivity contribution is 0.0685. The Morgan fingerprint density at radius 2 is 1.88 bits per heavy atom. The molecule has 0 fully saturated rings. The molecule has 1 rings (SSSR count). The zero-order valence-electron chi connectivity index (χ0n) is 10.5. The summed E-state index contributed by atoms with van der Waals surface area (Å²) in [5.41, 5.74) is 0.909. The maximum atomic E-state index is 11.3. The van der Waals surface area contributed by atoms with E-state index in [0.29, 0.717) is 12.4 Å². The highest BCUT2D eigenvalue weighted by Gasteiger charge is 2.14. The fourth-order valence-corrected chi connectivity index (χ4v) is 1.07. The molecule has 0 saturated heterocycles. The minimum Gasteiger partial charge on any atom is -0.433 e. The summed E-state index contributed by atoms with van der Waals surface area (Å²) >= 11 is 0.